The number of aromatic hydroxyl groups is 4. The van der Waals surface area contributed by atoms with Crippen LogP contribution in [-0.2, 0) is 33.3 Å². The van der Waals surface area contributed by atoms with Gasteiger partial charge in [-0.2, -0.15) is 0 Å². The van der Waals surface area contributed by atoms with Gasteiger partial charge in [0.2, 0.25) is 23.6 Å². The van der Waals surface area contributed by atoms with Crippen LogP contribution in [0.15, 0.2) is 76.0 Å². The SMILES string of the molecule is CC(=O)OC1C(Oc2c(-c3ccc(O)cc3)oc3cc(O)cc(O)c3c2=O)OC(C)C(OC(=O)/C=C/c2ccc(O)cc2)C1OC(C)=O. The fourth-order valence-corrected chi connectivity index (χ4v) is 5.09. The van der Waals surface area contributed by atoms with E-state index in [1.165, 1.54) is 49.4 Å². The molecule has 14 nitrogen and oxygen atoms in total. The molecule has 250 valence electrons. The lowest BCUT2D eigenvalue weighted by Crippen LogP contribution is -2.62. The number of benzene rings is 3. The van der Waals surface area contributed by atoms with Crippen LogP contribution in [-0.4, -0.2) is 69.0 Å². The van der Waals surface area contributed by atoms with Crippen LogP contribution in [0.3, 0.4) is 0 Å². The molecule has 0 amide bonds. The number of hydrogen-bond acceptors (Lipinski definition) is 14. The van der Waals surface area contributed by atoms with Gasteiger partial charge in [0.25, 0.3) is 0 Å². The lowest BCUT2D eigenvalue weighted by atomic mass is 9.98. The van der Waals surface area contributed by atoms with Crippen molar-refractivity contribution >= 4 is 35.0 Å². The molecule has 1 aromatic heterocycles. The Bertz CT molecular complexity index is 1930. The first-order valence-electron chi connectivity index (χ1n) is 14.5. The molecule has 0 aliphatic carbocycles. The number of ether oxygens (including phenoxy) is 5. The summed E-state index contributed by atoms with van der Waals surface area (Å²) in [6.45, 7) is 3.62. The van der Waals surface area contributed by atoms with Gasteiger partial charge in [0.05, 0.1) is 6.10 Å². The van der Waals surface area contributed by atoms with Gasteiger partial charge in [-0.25, -0.2) is 4.79 Å². The third-order valence-electron chi connectivity index (χ3n) is 7.17. The second-order valence-electron chi connectivity index (χ2n) is 10.8. The number of phenols is 4. The van der Waals surface area contributed by atoms with Crippen molar-refractivity contribution in [3.63, 3.8) is 0 Å². The van der Waals surface area contributed by atoms with Crippen LogP contribution < -0.4 is 10.2 Å². The molecule has 1 saturated heterocycles. The van der Waals surface area contributed by atoms with Gasteiger partial charge in [-0.05, 0) is 55.0 Å². The number of hydrogen-bond donors (Lipinski definition) is 4. The van der Waals surface area contributed by atoms with E-state index in [0.29, 0.717) is 5.56 Å². The molecule has 0 radical (unpaired) electrons. The number of carbonyl (C=O) groups excluding carboxylic acids is 3. The Morgan fingerprint density at radius 3 is 2.00 bits per heavy atom. The second kappa shape index (κ2) is 13.8. The molecule has 5 atom stereocenters. The zero-order chi connectivity index (χ0) is 34.7. The summed E-state index contributed by atoms with van der Waals surface area (Å²) in [4.78, 5) is 51.3. The largest absolute Gasteiger partial charge is 0.508 e. The van der Waals surface area contributed by atoms with Crippen molar-refractivity contribution in [2.45, 2.75) is 51.5 Å². The molecule has 1 aliphatic heterocycles. The molecule has 0 spiro atoms. The fourth-order valence-electron chi connectivity index (χ4n) is 5.09. The normalized spacial score (nSPS) is 20.7. The van der Waals surface area contributed by atoms with Crippen molar-refractivity contribution in [2.24, 2.45) is 0 Å². The fraction of sp³-hybridized carbons (Fsp3) is 0.235. The van der Waals surface area contributed by atoms with E-state index >= 15 is 0 Å². The first kappa shape index (κ1) is 33.3. The van der Waals surface area contributed by atoms with Crippen LogP contribution in [0.1, 0.15) is 26.3 Å². The van der Waals surface area contributed by atoms with Gasteiger partial charge >= 0.3 is 17.9 Å². The Kier molecular flexibility index (Phi) is 9.56. The first-order valence-corrected chi connectivity index (χ1v) is 14.5. The van der Waals surface area contributed by atoms with E-state index < -0.39 is 71.3 Å². The zero-order valence-electron chi connectivity index (χ0n) is 25.7. The standard InChI is InChI=1S/C34H30O14/c1-16-29(47-26(41)13-6-19-4-9-21(37)10-5-19)32(44-17(2)35)33(45-18(3)36)34(43-16)48-31-28(42)27-24(40)14-23(39)15-25(27)46-30(31)20-7-11-22(38)12-8-20/h4-16,29,32-34,37-40H,1-3H3/b13-6+. The highest BCUT2D eigenvalue weighted by Crippen LogP contribution is 2.38. The Balaban J connectivity index is 1.55. The molecule has 0 saturated carbocycles. The Hall–Kier alpha value is -6.02. The minimum Gasteiger partial charge on any atom is -0.508 e. The summed E-state index contributed by atoms with van der Waals surface area (Å²) in [6.07, 6.45) is -4.70. The monoisotopic (exact) mass is 662 g/mol. The van der Waals surface area contributed by atoms with Gasteiger partial charge in [-0.1, -0.05) is 12.1 Å². The van der Waals surface area contributed by atoms with Crippen LogP contribution in [0.25, 0.3) is 28.4 Å². The minimum atomic E-state index is -1.67. The van der Waals surface area contributed by atoms with Gasteiger partial charge in [0.1, 0.15) is 34.0 Å². The Morgan fingerprint density at radius 1 is 0.771 bits per heavy atom. The summed E-state index contributed by atoms with van der Waals surface area (Å²) < 4.78 is 34.5. The van der Waals surface area contributed by atoms with Crippen molar-refractivity contribution in [3.8, 4) is 40.1 Å². The summed E-state index contributed by atoms with van der Waals surface area (Å²) in [5, 5.41) is 39.5. The third-order valence-corrected chi connectivity index (χ3v) is 7.17. The van der Waals surface area contributed by atoms with Gasteiger partial charge < -0.3 is 48.5 Å². The summed E-state index contributed by atoms with van der Waals surface area (Å²) >= 11 is 0. The molecule has 1 fully saturated rings. The van der Waals surface area contributed by atoms with Gasteiger partial charge in [0, 0.05) is 37.6 Å². The maximum Gasteiger partial charge on any atom is 0.331 e. The molecular formula is C34H30O14. The molecule has 5 rings (SSSR count). The maximum atomic E-state index is 13.9. The zero-order valence-corrected chi connectivity index (χ0v) is 25.7. The molecule has 14 heteroatoms. The van der Waals surface area contributed by atoms with Gasteiger partial charge in [-0.15, -0.1) is 0 Å². The van der Waals surface area contributed by atoms with Crippen LogP contribution >= 0.6 is 0 Å². The molecule has 3 aromatic carbocycles. The molecule has 4 aromatic rings. The molecule has 0 bridgehead atoms. The van der Waals surface area contributed by atoms with Crippen LogP contribution in [0.5, 0.6) is 28.7 Å². The lowest BCUT2D eigenvalue weighted by Gasteiger charge is -2.43. The summed E-state index contributed by atoms with van der Waals surface area (Å²) in [5.41, 5.74) is -0.319. The van der Waals surface area contributed by atoms with Crippen LogP contribution in [0.4, 0.5) is 0 Å². The average molecular weight is 663 g/mol. The highest BCUT2D eigenvalue weighted by molar-refractivity contribution is 5.88. The summed E-state index contributed by atoms with van der Waals surface area (Å²) in [5.74, 6) is -4.38. The van der Waals surface area contributed by atoms with E-state index in [-0.39, 0.29) is 33.8 Å². The third kappa shape index (κ3) is 7.34. The molecule has 4 N–H and O–H groups in total. The number of carbonyl (C=O) groups is 3. The van der Waals surface area contributed by atoms with E-state index in [1.54, 1.807) is 12.1 Å². The van der Waals surface area contributed by atoms with Gasteiger partial charge in [-0.3, -0.25) is 14.4 Å². The van der Waals surface area contributed by atoms with E-state index in [4.69, 9.17) is 28.1 Å². The maximum absolute atomic E-state index is 13.9. The van der Waals surface area contributed by atoms with Crippen LogP contribution in [0, 0.1) is 0 Å². The van der Waals surface area contributed by atoms with Gasteiger partial charge in [0.15, 0.2) is 18.0 Å². The topological polar surface area (TPSA) is 208 Å². The smallest absolute Gasteiger partial charge is 0.331 e. The predicted molar refractivity (Wildman–Crippen MR) is 166 cm³/mol. The molecule has 5 unspecified atom stereocenters. The van der Waals surface area contributed by atoms with E-state index in [0.717, 1.165) is 32.1 Å². The number of phenolic OH excluding ortho intramolecular Hbond substituents is 4. The first-order chi connectivity index (χ1) is 22.8. The van der Waals surface area contributed by atoms with Crippen LogP contribution in [0.2, 0.25) is 0 Å². The highest BCUT2D eigenvalue weighted by Gasteiger charge is 2.52. The second-order valence-corrected chi connectivity index (χ2v) is 10.8. The van der Waals surface area contributed by atoms with Crippen molar-refractivity contribution in [2.75, 3.05) is 0 Å². The Labute approximate surface area is 271 Å². The number of rotatable bonds is 8. The van der Waals surface area contributed by atoms with Crippen molar-refractivity contribution in [1.29, 1.82) is 0 Å². The van der Waals surface area contributed by atoms with E-state index in [1.807, 2.05) is 0 Å². The van der Waals surface area contributed by atoms with Crippen molar-refractivity contribution in [3.05, 3.63) is 82.5 Å². The molecular weight excluding hydrogens is 632 g/mol. The van der Waals surface area contributed by atoms with Crippen molar-refractivity contribution in [1.82, 2.24) is 0 Å². The van der Waals surface area contributed by atoms with Crippen molar-refractivity contribution < 1.29 is 62.9 Å². The summed E-state index contributed by atoms with van der Waals surface area (Å²) in [6, 6.07) is 13.5. The summed E-state index contributed by atoms with van der Waals surface area (Å²) in [7, 11) is 0. The van der Waals surface area contributed by atoms with E-state index in [9.17, 15) is 39.6 Å². The number of fused-ring (bicyclic) bond motifs is 1. The minimum absolute atomic E-state index is 0.0353. The number of esters is 3. The lowest BCUT2D eigenvalue weighted by molar-refractivity contribution is -0.280. The average Bonchev–Trinajstić information content (AvgIpc) is 3.01. The predicted octanol–water partition coefficient (Wildman–Crippen LogP) is 3.89. The molecule has 2 heterocycles. The highest BCUT2D eigenvalue weighted by atomic mass is 16.7. The quantitative estimate of drug-likeness (QED) is 0.120. The van der Waals surface area contributed by atoms with E-state index in [2.05, 4.69) is 0 Å². The molecule has 48 heavy (non-hydrogen) atoms. The molecule has 1 aliphatic rings. The Morgan fingerprint density at radius 2 is 1.38 bits per heavy atom.